The van der Waals surface area contributed by atoms with Gasteiger partial charge in [-0.1, -0.05) is 66.2 Å². The highest BCUT2D eigenvalue weighted by Crippen LogP contribution is 2.41. The second-order valence-corrected chi connectivity index (χ2v) is 8.53. The molecule has 1 fully saturated rings. The van der Waals surface area contributed by atoms with E-state index in [9.17, 15) is 14.7 Å². The van der Waals surface area contributed by atoms with E-state index in [2.05, 4.69) is 0 Å². The minimum atomic E-state index is -1.34. The zero-order chi connectivity index (χ0) is 22.9. The lowest BCUT2D eigenvalue weighted by Gasteiger charge is -2.37. The number of halogens is 1. The van der Waals surface area contributed by atoms with Crippen LogP contribution in [0, 0.1) is 0 Å². The normalized spacial score (nSPS) is 24.8. The highest BCUT2D eigenvalue weighted by atomic mass is 35.5. The lowest BCUT2D eigenvalue weighted by molar-refractivity contribution is -0.151. The summed E-state index contributed by atoms with van der Waals surface area (Å²) in [5.74, 6) is -0.732. The lowest BCUT2D eigenvalue weighted by Crippen LogP contribution is -2.57. The molecule has 1 saturated heterocycles. The summed E-state index contributed by atoms with van der Waals surface area (Å²) in [5.41, 5.74) is 7.75. The van der Waals surface area contributed by atoms with Crippen molar-refractivity contribution >= 4 is 29.1 Å². The van der Waals surface area contributed by atoms with E-state index in [-0.39, 0.29) is 6.42 Å². The van der Waals surface area contributed by atoms with E-state index >= 15 is 0 Å². The maximum absolute atomic E-state index is 13.7. The van der Waals surface area contributed by atoms with Gasteiger partial charge in [0, 0.05) is 10.6 Å². The molecule has 2 aliphatic rings. The Labute approximate surface area is 191 Å². The number of carboxylic acid groups (broad SMARTS) is 1. The van der Waals surface area contributed by atoms with Crippen LogP contribution in [0.4, 0.5) is 0 Å². The highest BCUT2D eigenvalue weighted by molar-refractivity contribution is 6.31. The fraction of sp³-hybridized carbons (Fsp3) is 0.280. The monoisotopic (exact) mass is 452 g/mol. The molecule has 1 heterocycles. The van der Waals surface area contributed by atoms with Gasteiger partial charge in [-0.05, 0) is 42.5 Å². The van der Waals surface area contributed by atoms with E-state index in [0.29, 0.717) is 17.9 Å². The number of hydrogen-bond donors (Lipinski definition) is 2. The molecule has 2 aromatic rings. The number of rotatable bonds is 5. The van der Waals surface area contributed by atoms with Gasteiger partial charge in [-0.15, -0.1) is 0 Å². The summed E-state index contributed by atoms with van der Waals surface area (Å²) in [4.78, 5) is 27.1. The van der Waals surface area contributed by atoms with Gasteiger partial charge in [0.2, 0.25) is 5.91 Å². The number of allylic oxidation sites excluding steroid dienone is 2. The highest BCUT2D eigenvalue weighted by Gasteiger charge is 2.47. The SMILES string of the molecule is COc1ccccc1C1=CCC(N)(C(=O)N2[C@@H](c3ccccc3Cl)CC[C@H]2C(=O)O)C=C1. The second kappa shape index (κ2) is 8.81. The van der Waals surface area contributed by atoms with Gasteiger partial charge in [-0.25, -0.2) is 4.79 Å². The van der Waals surface area contributed by atoms with Crippen molar-refractivity contribution in [3.05, 3.63) is 82.9 Å². The standard InChI is InChI=1S/C25H25ClN2O4/c1-32-22-9-5-3-6-17(22)16-12-14-25(27,15-13-16)24(31)28-20(10-11-21(28)23(29)30)18-7-2-4-8-19(18)26/h2-9,12-14,20-21H,10-11,15,27H2,1H3,(H,29,30)/t20-,21+,25?/m1/s1. The Kier molecular flexibility index (Phi) is 6.09. The van der Waals surface area contributed by atoms with Crippen LogP contribution < -0.4 is 10.5 Å². The van der Waals surface area contributed by atoms with Gasteiger partial charge in [0.25, 0.3) is 0 Å². The molecule has 1 aliphatic carbocycles. The predicted octanol–water partition coefficient (Wildman–Crippen LogP) is 4.21. The summed E-state index contributed by atoms with van der Waals surface area (Å²) in [6, 6.07) is 13.4. The summed E-state index contributed by atoms with van der Waals surface area (Å²) in [6.07, 6.45) is 6.46. The molecule has 2 aromatic carbocycles. The van der Waals surface area contributed by atoms with Crippen molar-refractivity contribution in [3.8, 4) is 5.75 Å². The van der Waals surface area contributed by atoms with Crippen molar-refractivity contribution in [2.24, 2.45) is 5.73 Å². The van der Waals surface area contributed by atoms with Crippen molar-refractivity contribution in [3.63, 3.8) is 0 Å². The van der Waals surface area contributed by atoms with Crippen molar-refractivity contribution < 1.29 is 19.4 Å². The van der Waals surface area contributed by atoms with Crippen LogP contribution >= 0.6 is 11.6 Å². The van der Waals surface area contributed by atoms with Crippen LogP contribution in [-0.2, 0) is 9.59 Å². The summed E-state index contributed by atoms with van der Waals surface area (Å²) in [6.45, 7) is 0. The molecule has 4 rings (SSSR count). The van der Waals surface area contributed by atoms with Gasteiger partial charge >= 0.3 is 5.97 Å². The van der Waals surface area contributed by atoms with Gasteiger partial charge < -0.3 is 20.5 Å². The number of nitrogens with two attached hydrogens (primary N) is 1. The van der Waals surface area contributed by atoms with E-state index in [0.717, 1.165) is 22.4 Å². The Morgan fingerprint density at radius 2 is 1.88 bits per heavy atom. The maximum Gasteiger partial charge on any atom is 0.326 e. The van der Waals surface area contributed by atoms with Crippen molar-refractivity contribution in [2.75, 3.05) is 7.11 Å². The van der Waals surface area contributed by atoms with Gasteiger partial charge in [-0.3, -0.25) is 4.79 Å². The van der Waals surface area contributed by atoms with Gasteiger partial charge in [0.15, 0.2) is 0 Å². The zero-order valence-corrected chi connectivity index (χ0v) is 18.5. The number of ether oxygens (including phenoxy) is 1. The van der Waals surface area contributed by atoms with E-state index < -0.39 is 29.5 Å². The van der Waals surface area contributed by atoms with Crippen LogP contribution in [0.2, 0.25) is 5.02 Å². The quantitative estimate of drug-likeness (QED) is 0.709. The van der Waals surface area contributed by atoms with Crippen LogP contribution in [-0.4, -0.2) is 40.6 Å². The average Bonchev–Trinajstić information content (AvgIpc) is 3.24. The number of benzene rings is 2. The Bertz CT molecular complexity index is 1110. The molecule has 0 aromatic heterocycles. The van der Waals surface area contributed by atoms with Crippen molar-refractivity contribution in [1.82, 2.24) is 4.90 Å². The summed E-state index contributed by atoms with van der Waals surface area (Å²) in [7, 11) is 1.61. The minimum absolute atomic E-state index is 0.244. The number of likely N-dealkylation sites (tertiary alicyclic amines) is 1. The fourth-order valence-corrected chi connectivity index (χ4v) is 4.78. The topological polar surface area (TPSA) is 92.9 Å². The lowest BCUT2D eigenvalue weighted by atomic mass is 9.85. The first-order chi connectivity index (χ1) is 15.4. The molecule has 0 bridgehead atoms. The average molecular weight is 453 g/mol. The van der Waals surface area contributed by atoms with Crippen molar-refractivity contribution in [2.45, 2.75) is 36.9 Å². The Morgan fingerprint density at radius 3 is 2.53 bits per heavy atom. The molecule has 32 heavy (non-hydrogen) atoms. The first kappa shape index (κ1) is 22.1. The molecule has 3 atom stereocenters. The summed E-state index contributed by atoms with van der Waals surface area (Å²) >= 11 is 6.39. The first-order valence-corrected chi connectivity index (χ1v) is 10.8. The number of hydrogen-bond acceptors (Lipinski definition) is 4. The summed E-state index contributed by atoms with van der Waals surface area (Å²) in [5, 5.41) is 10.3. The van der Waals surface area contributed by atoms with Crippen LogP contribution in [0.25, 0.3) is 5.57 Å². The largest absolute Gasteiger partial charge is 0.496 e. The fourth-order valence-electron chi connectivity index (χ4n) is 4.52. The number of aliphatic carboxylic acids is 1. The number of carbonyl (C=O) groups excluding carboxylic acids is 1. The second-order valence-electron chi connectivity index (χ2n) is 8.12. The third-order valence-corrected chi connectivity index (χ3v) is 6.55. The summed E-state index contributed by atoms with van der Waals surface area (Å²) < 4.78 is 5.44. The molecule has 3 N–H and O–H groups in total. The van der Waals surface area contributed by atoms with E-state index in [1.165, 1.54) is 4.90 Å². The molecule has 1 aliphatic heterocycles. The van der Waals surface area contributed by atoms with Crippen molar-refractivity contribution in [1.29, 1.82) is 0 Å². The molecule has 0 saturated carbocycles. The minimum Gasteiger partial charge on any atom is -0.496 e. The number of para-hydroxylation sites is 1. The van der Waals surface area contributed by atoms with Crippen LogP contribution in [0.1, 0.15) is 36.4 Å². The van der Waals surface area contributed by atoms with Gasteiger partial charge in [0.1, 0.15) is 17.3 Å². The molecule has 166 valence electrons. The van der Waals surface area contributed by atoms with Crippen LogP contribution in [0.5, 0.6) is 5.75 Å². The Morgan fingerprint density at radius 1 is 1.16 bits per heavy atom. The third kappa shape index (κ3) is 3.92. The van der Waals surface area contributed by atoms with E-state index in [4.69, 9.17) is 22.1 Å². The number of amides is 1. The number of methoxy groups -OCH3 is 1. The van der Waals surface area contributed by atoms with Gasteiger partial charge in [-0.2, -0.15) is 0 Å². The number of nitrogens with zero attached hydrogens (tertiary/aromatic N) is 1. The van der Waals surface area contributed by atoms with E-state index in [1.807, 2.05) is 42.5 Å². The number of carbonyl (C=O) groups is 2. The smallest absolute Gasteiger partial charge is 0.326 e. The first-order valence-electron chi connectivity index (χ1n) is 10.5. The molecule has 7 heteroatoms. The molecule has 1 amide bonds. The maximum atomic E-state index is 13.7. The molecule has 0 spiro atoms. The predicted molar refractivity (Wildman–Crippen MR) is 123 cm³/mol. The third-order valence-electron chi connectivity index (χ3n) is 6.21. The molecular formula is C25H25ClN2O4. The molecule has 1 unspecified atom stereocenters. The molecular weight excluding hydrogens is 428 g/mol. The molecule has 6 nitrogen and oxygen atoms in total. The number of carboxylic acids is 1. The zero-order valence-electron chi connectivity index (χ0n) is 17.7. The van der Waals surface area contributed by atoms with Crippen LogP contribution in [0.15, 0.2) is 66.8 Å². The molecule has 0 radical (unpaired) electrons. The van der Waals surface area contributed by atoms with Gasteiger partial charge in [0.05, 0.1) is 13.2 Å². The van der Waals surface area contributed by atoms with E-state index in [1.54, 1.807) is 31.4 Å². The Hall–Kier alpha value is -3.09. The Balaban J connectivity index is 1.64. The van der Waals surface area contributed by atoms with Crippen LogP contribution in [0.3, 0.4) is 0 Å².